The topological polar surface area (TPSA) is 103 Å². The zero-order chi connectivity index (χ0) is 22.2. The van der Waals surface area contributed by atoms with E-state index < -0.39 is 24.5 Å². The van der Waals surface area contributed by atoms with Gasteiger partial charge >= 0.3 is 5.97 Å². The molecule has 0 saturated carbocycles. The molecule has 0 unspecified atom stereocenters. The van der Waals surface area contributed by atoms with Gasteiger partial charge in [-0.15, -0.1) is 0 Å². The van der Waals surface area contributed by atoms with Gasteiger partial charge in [-0.3, -0.25) is 9.59 Å². The van der Waals surface area contributed by atoms with Crippen LogP contribution < -0.4 is 20.1 Å². The molecule has 2 N–H and O–H groups in total. The molecule has 1 aliphatic rings. The van der Waals surface area contributed by atoms with E-state index in [9.17, 15) is 14.4 Å². The van der Waals surface area contributed by atoms with Gasteiger partial charge in [0.15, 0.2) is 18.1 Å². The number of ether oxygens (including phenoxy) is 3. The molecule has 2 amide bonds. The number of amides is 2. The van der Waals surface area contributed by atoms with Crippen molar-refractivity contribution in [3.8, 4) is 11.5 Å². The number of fused-ring (bicyclic) bond motifs is 1. The average molecular weight is 426 g/mol. The van der Waals surface area contributed by atoms with E-state index in [1.54, 1.807) is 62.4 Å². The van der Waals surface area contributed by atoms with Gasteiger partial charge in [-0.2, -0.15) is 0 Å². The Bertz CT molecular complexity index is 929. The van der Waals surface area contributed by atoms with E-state index in [1.165, 1.54) is 0 Å². The summed E-state index contributed by atoms with van der Waals surface area (Å²) < 4.78 is 16.3. The molecule has 164 valence electrons. The summed E-state index contributed by atoms with van der Waals surface area (Å²) in [4.78, 5) is 37.1. The lowest BCUT2D eigenvalue weighted by molar-refractivity contribution is -0.150. The van der Waals surface area contributed by atoms with Crippen LogP contribution in [0.5, 0.6) is 11.5 Å². The first-order valence-electron chi connectivity index (χ1n) is 10.2. The number of hydrogen-bond donors (Lipinski definition) is 2. The third kappa shape index (κ3) is 6.21. The Hall–Kier alpha value is -3.55. The van der Waals surface area contributed by atoms with Crippen molar-refractivity contribution in [2.75, 3.05) is 25.1 Å². The van der Waals surface area contributed by atoms with Crippen LogP contribution in [0.3, 0.4) is 0 Å². The molecule has 0 spiro atoms. The highest BCUT2D eigenvalue weighted by Gasteiger charge is 2.26. The monoisotopic (exact) mass is 426 g/mol. The SMILES string of the molecule is CC(C)[C@H](NC(=O)c1ccccc1)C(=O)OCC(=O)Nc1ccc2c(c1)OCCCO2. The smallest absolute Gasteiger partial charge is 0.329 e. The van der Waals surface area contributed by atoms with Crippen molar-refractivity contribution in [2.45, 2.75) is 26.3 Å². The molecule has 1 heterocycles. The van der Waals surface area contributed by atoms with Crippen LogP contribution in [-0.4, -0.2) is 43.6 Å². The normalized spacial score (nSPS) is 13.6. The van der Waals surface area contributed by atoms with E-state index >= 15 is 0 Å². The Kier molecular flexibility index (Phi) is 7.48. The molecule has 0 aliphatic carbocycles. The van der Waals surface area contributed by atoms with Gasteiger partial charge in [-0.1, -0.05) is 32.0 Å². The molecule has 0 aromatic heterocycles. The Morgan fingerprint density at radius 3 is 2.42 bits per heavy atom. The molecule has 8 heteroatoms. The largest absolute Gasteiger partial charge is 0.490 e. The summed E-state index contributed by atoms with van der Waals surface area (Å²) in [6, 6.07) is 12.8. The minimum absolute atomic E-state index is 0.218. The fraction of sp³-hybridized carbons (Fsp3) is 0.348. The molecule has 8 nitrogen and oxygen atoms in total. The summed E-state index contributed by atoms with van der Waals surface area (Å²) in [5.74, 6) is -0.600. The van der Waals surface area contributed by atoms with Gasteiger partial charge in [-0.05, 0) is 30.2 Å². The number of carbonyl (C=O) groups excluding carboxylic acids is 3. The van der Waals surface area contributed by atoms with Crippen molar-refractivity contribution < 1.29 is 28.6 Å². The highest BCUT2D eigenvalue weighted by atomic mass is 16.5. The molecular weight excluding hydrogens is 400 g/mol. The summed E-state index contributed by atoms with van der Waals surface area (Å²) in [5.41, 5.74) is 0.941. The van der Waals surface area contributed by atoms with E-state index in [4.69, 9.17) is 14.2 Å². The Balaban J connectivity index is 1.54. The van der Waals surface area contributed by atoms with Crippen LogP contribution in [-0.2, 0) is 14.3 Å². The minimum atomic E-state index is -0.876. The first-order chi connectivity index (χ1) is 14.9. The average Bonchev–Trinajstić information content (AvgIpc) is 3.01. The Labute approximate surface area is 180 Å². The van der Waals surface area contributed by atoms with Crippen LogP contribution in [0, 0.1) is 5.92 Å². The van der Waals surface area contributed by atoms with Crippen LogP contribution in [0.2, 0.25) is 0 Å². The number of carbonyl (C=O) groups is 3. The lowest BCUT2D eigenvalue weighted by Gasteiger charge is -2.20. The second-order valence-electron chi connectivity index (χ2n) is 7.43. The van der Waals surface area contributed by atoms with Gasteiger partial charge in [0.05, 0.1) is 13.2 Å². The predicted molar refractivity (Wildman–Crippen MR) is 114 cm³/mol. The zero-order valence-electron chi connectivity index (χ0n) is 17.6. The summed E-state index contributed by atoms with van der Waals surface area (Å²) in [5, 5.41) is 5.33. The summed E-state index contributed by atoms with van der Waals surface area (Å²) in [6.07, 6.45) is 0.782. The van der Waals surface area contributed by atoms with Crippen molar-refractivity contribution in [3.63, 3.8) is 0 Å². The van der Waals surface area contributed by atoms with Crippen molar-refractivity contribution in [1.82, 2.24) is 5.32 Å². The summed E-state index contributed by atoms with van der Waals surface area (Å²) >= 11 is 0. The third-order valence-corrected chi connectivity index (χ3v) is 4.62. The zero-order valence-corrected chi connectivity index (χ0v) is 17.6. The van der Waals surface area contributed by atoms with E-state index in [2.05, 4.69) is 10.6 Å². The van der Waals surface area contributed by atoms with E-state index in [0.717, 1.165) is 6.42 Å². The molecule has 3 rings (SSSR count). The number of nitrogens with one attached hydrogen (secondary N) is 2. The Morgan fingerprint density at radius 1 is 1.00 bits per heavy atom. The molecule has 2 aromatic rings. The van der Waals surface area contributed by atoms with E-state index in [1.807, 2.05) is 0 Å². The van der Waals surface area contributed by atoms with Gasteiger partial charge in [0.25, 0.3) is 11.8 Å². The predicted octanol–water partition coefficient (Wildman–Crippen LogP) is 2.78. The lowest BCUT2D eigenvalue weighted by Crippen LogP contribution is -2.45. The molecular formula is C23H26N2O6. The Morgan fingerprint density at radius 2 is 1.71 bits per heavy atom. The van der Waals surface area contributed by atoms with Crippen LogP contribution in [0.25, 0.3) is 0 Å². The number of benzene rings is 2. The second-order valence-corrected chi connectivity index (χ2v) is 7.43. The molecule has 0 fully saturated rings. The number of esters is 1. The number of rotatable bonds is 7. The summed E-state index contributed by atoms with van der Waals surface area (Å²) in [7, 11) is 0. The first-order valence-corrected chi connectivity index (χ1v) is 10.2. The maximum absolute atomic E-state index is 12.5. The number of anilines is 1. The standard InChI is InChI=1S/C23H26N2O6/c1-15(2)21(25-22(27)16-7-4-3-5-8-16)23(28)31-14-20(26)24-17-9-10-18-19(13-17)30-12-6-11-29-18/h3-5,7-10,13,15,21H,6,11-12,14H2,1-2H3,(H,24,26)(H,25,27)/t21-/m0/s1. The van der Waals surface area contributed by atoms with Crippen LogP contribution in [0.1, 0.15) is 30.6 Å². The minimum Gasteiger partial charge on any atom is -0.490 e. The maximum atomic E-state index is 12.5. The van der Waals surface area contributed by atoms with Gasteiger partial charge in [0, 0.05) is 23.7 Å². The molecule has 1 atom stereocenters. The van der Waals surface area contributed by atoms with Gasteiger partial charge in [-0.25, -0.2) is 4.79 Å². The fourth-order valence-electron chi connectivity index (χ4n) is 2.98. The van der Waals surface area contributed by atoms with Gasteiger partial charge in [0.2, 0.25) is 0 Å². The third-order valence-electron chi connectivity index (χ3n) is 4.62. The maximum Gasteiger partial charge on any atom is 0.329 e. The summed E-state index contributed by atoms with van der Waals surface area (Å²) in [6.45, 7) is 4.21. The molecule has 1 aliphatic heterocycles. The van der Waals surface area contributed by atoms with Gasteiger partial charge in [0.1, 0.15) is 6.04 Å². The molecule has 0 saturated heterocycles. The second kappa shape index (κ2) is 10.5. The first kappa shape index (κ1) is 22.1. The van der Waals surface area contributed by atoms with Gasteiger partial charge < -0.3 is 24.8 Å². The quantitative estimate of drug-likeness (QED) is 0.660. The van der Waals surface area contributed by atoms with Crippen LogP contribution in [0.15, 0.2) is 48.5 Å². The number of hydrogen-bond acceptors (Lipinski definition) is 6. The van der Waals surface area contributed by atoms with Crippen molar-refractivity contribution in [2.24, 2.45) is 5.92 Å². The fourth-order valence-corrected chi connectivity index (χ4v) is 2.98. The van der Waals surface area contributed by atoms with Crippen LogP contribution >= 0.6 is 0 Å². The van der Waals surface area contributed by atoms with Crippen molar-refractivity contribution in [3.05, 3.63) is 54.1 Å². The molecule has 2 aromatic carbocycles. The van der Waals surface area contributed by atoms with Crippen LogP contribution in [0.4, 0.5) is 5.69 Å². The molecule has 0 radical (unpaired) electrons. The highest BCUT2D eigenvalue weighted by molar-refractivity contribution is 5.97. The van der Waals surface area contributed by atoms with Crippen molar-refractivity contribution in [1.29, 1.82) is 0 Å². The lowest BCUT2D eigenvalue weighted by atomic mass is 10.0. The van der Waals surface area contributed by atoms with Crippen molar-refractivity contribution >= 4 is 23.5 Å². The highest BCUT2D eigenvalue weighted by Crippen LogP contribution is 2.32. The molecule has 31 heavy (non-hydrogen) atoms. The van der Waals surface area contributed by atoms with E-state index in [-0.39, 0.29) is 11.8 Å². The molecule has 0 bridgehead atoms. The van der Waals surface area contributed by atoms with E-state index in [0.29, 0.717) is 36.0 Å².